The van der Waals surface area contributed by atoms with Crippen LogP contribution in [0.25, 0.3) is 0 Å². The molecule has 0 bridgehead atoms. The summed E-state index contributed by atoms with van der Waals surface area (Å²) in [5.74, 6) is 1.54. The molecule has 1 aliphatic rings. The van der Waals surface area contributed by atoms with E-state index >= 15 is 0 Å². The van der Waals surface area contributed by atoms with E-state index in [4.69, 9.17) is 9.40 Å². The van der Waals surface area contributed by atoms with Crippen LogP contribution in [0, 0.1) is 0 Å². The van der Waals surface area contributed by atoms with Gasteiger partial charge in [0, 0.05) is 51.1 Å². The molecule has 0 saturated carbocycles. The Labute approximate surface area is 157 Å². The Morgan fingerprint density at radius 3 is 2.93 bits per heavy atom. The average molecular weight is 365 g/mol. The van der Waals surface area contributed by atoms with Gasteiger partial charge < -0.3 is 9.32 Å². The van der Waals surface area contributed by atoms with Crippen LogP contribution in [-0.4, -0.2) is 40.0 Å². The Morgan fingerprint density at radius 1 is 1.26 bits per heavy atom. The molecule has 140 valence electrons. The van der Waals surface area contributed by atoms with Crippen LogP contribution in [-0.2, 0) is 25.9 Å². The van der Waals surface area contributed by atoms with E-state index in [0.29, 0.717) is 18.9 Å². The molecule has 7 nitrogen and oxygen atoms in total. The molecule has 0 fully saturated rings. The van der Waals surface area contributed by atoms with Gasteiger partial charge in [0.1, 0.15) is 5.76 Å². The maximum atomic E-state index is 12.6. The lowest BCUT2D eigenvalue weighted by Gasteiger charge is -2.19. The van der Waals surface area contributed by atoms with Gasteiger partial charge in [-0.1, -0.05) is 6.07 Å². The molecule has 1 aliphatic heterocycles. The van der Waals surface area contributed by atoms with E-state index in [-0.39, 0.29) is 5.56 Å². The molecule has 0 amide bonds. The second kappa shape index (κ2) is 7.75. The molecule has 7 heteroatoms. The number of rotatable bonds is 5. The molecule has 0 saturated heterocycles. The minimum Gasteiger partial charge on any atom is -0.468 e. The van der Waals surface area contributed by atoms with Crippen molar-refractivity contribution in [1.82, 2.24) is 19.9 Å². The lowest BCUT2D eigenvalue weighted by atomic mass is 10.1. The van der Waals surface area contributed by atoms with Gasteiger partial charge in [-0.25, -0.2) is 4.98 Å². The summed E-state index contributed by atoms with van der Waals surface area (Å²) in [5.41, 5.74) is 2.74. The molecule has 0 aliphatic carbocycles. The van der Waals surface area contributed by atoms with Gasteiger partial charge in [0.15, 0.2) is 0 Å². The number of aromatic amines is 1. The lowest BCUT2D eigenvalue weighted by Crippen LogP contribution is -2.26. The highest BCUT2D eigenvalue weighted by molar-refractivity contribution is 5.34. The van der Waals surface area contributed by atoms with Gasteiger partial charge in [-0.05, 0) is 30.2 Å². The van der Waals surface area contributed by atoms with Crippen LogP contribution in [0.15, 0.2) is 52.1 Å². The summed E-state index contributed by atoms with van der Waals surface area (Å²) in [6.07, 6.45) is 6.72. The molecule has 4 heterocycles. The molecular weight excluding hydrogens is 342 g/mol. The third-order valence-corrected chi connectivity index (χ3v) is 4.90. The second-order valence-corrected chi connectivity index (χ2v) is 6.89. The molecule has 3 aromatic heterocycles. The topological polar surface area (TPSA) is 78.3 Å². The number of pyridine rings is 1. The average Bonchev–Trinajstić information content (AvgIpc) is 3.09. The van der Waals surface area contributed by atoms with Gasteiger partial charge in [0.05, 0.1) is 18.5 Å². The third-order valence-electron chi connectivity index (χ3n) is 4.90. The van der Waals surface area contributed by atoms with Crippen molar-refractivity contribution >= 4 is 5.95 Å². The number of furan rings is 1. The van der Waals surface area contributed by atoms with E-state index in [1.54, 1.807) is 12.5 Å². The highest BCUT2D eigenvalue weighted by Crippen LogP contribution is 2.16. The summed E-state index contributed by atoms with van der Waals surface area (Å²) in [4.78, 5) is 28.7. The van der Waals surface area contributed by atoms with E-state index in [9.17, 15) is 4.79 Å². The Kier molecular flexibility index (Phi) is 5.02. The summed E-state index contributed by atoms with van der Waals surface area (Å²) in [6.45, 7) is 3.08. The molecule has 0 spiro atoms. The van der Waals surface area contributed by atoms with Gasteiger partial charge in [-0.3, -0.25) is 19.7 Å². The first-order chi connectivity index (χ1) is 13.2. The molecule has 27 heavy (non-hydrogen) atoms. The van der Waals surface area contributed by atoms with Crippen molar-refractivity contribution in [3.8, 4) is 0 Å². The van der Waals surface area contributed by atoms with Crippen molar-refractivity contribution in [1.29, 1.82) is 0 Å². The maximum absolute atomic E-state index is 12.6. The summed E-state index contributed by atoms with van der Waals surface area (Å²) in [5, 5.41) is 0. The SMILES string of the molecule is CN(Cc1cccnc1)c1nc2c(c(=O)[nH]1)CCN(Cc1ccco1)CC2. The van der Waals surface area contributed by atoms with Crippen molar-refractivity contribution in [2.45, 2.75) is 25.9 Å². The zero-order valence-corrected chi connectivity index (χ0v) is 15.4. The van der Waals surface area contributed by atoms with Crippen LogP contribution in [0.2, 0.25) is 0 Å². The van der Waals surface area contributed by atoms with Crippen LogP contribution in [0.3, 0.4) is 0 Å². The third kappa shape index (κ3) is 4.09. The van der Waals surface area contributed by atoms with E-state index in [2.05, 4.69) is 14.9 Å². The Bertz CT molecular complexity index is 937. The van der Waals surface area contributed by atoms with Crippen molar-refractivity contribution in [2.75, 3.05) is 25.0 Å². The van der Waals surface area contributed by atoms with E-state index in [1.165, 1.54) is 0 Å². The summed E-state index contributed by atoms with van der Waals surface area (Å²) < 4.78 is 5.45. The number of H-pyrrole nitrogens is 1. The largest absolute Gasteiger partial charge is 0.468 e. The summed E-state index contributed by atoms with van der Waals surface area (Å²) in [6, 6.07) is 7.80. The van der Waals surface area contributed by atoms with Crippen LogP contribution in [0.5, 0.6) is 0 Å². The molecule has 0 unspecified atom stereocenters. The predicted molar refractivity (Wildman–Crippen MR) is 103 cm³/mol. The van der Waals surface area contributed by atoms with Crippen LogP contribution < -0.4 is 10.5 Å². The number of anilines is 1. The zero-order valence-electron chi connectivity index (χ0n) is 15.4. The number of nitrogens with zero attached hydrogens (tertiary/aromatic N) is 4. The second-order valence-electron chi connectivity index (χ2n) is 6.89. The number of nitrogens with one attached hydrogen (secondary N) is 1. The van der Waals surface area contributed by atoms with E-state index < -0.39 is 0 Å². The van der Waals surface area contributed by atoms with Crippen molar-refractivity contribution in [2.24, 2.45) is 0 Å². The van der Waals surface area contributed by atoms with Gasteiger partial charge in [-0.2, -0.15) is 0 Å². The first-order valence-electron chi connectivity index (χ1n) is 9.16. The number of fused-ring (bicyclic) bond motifs is 1. The zero-order chi connectivity index (χ0) is 18.6. The monoisotopic (exact) mass is 365 g/mol. The fourth-order valence-electron chi connectivity index (χ4n) is 3.44. The van der Waals surface area contributed by atoms with Gasteiger partial charge in [0.25, 0.3) is 5.56 Å². The van der Waals surface area contributed by atoms with Crippen LogP contribution >= 0.6 is 0 Å². The molecule has 0 radical (unpaired) electrons. The summed E-state index contributed by atoms with van der Waals surface area (Å²) in [7, 11) is 1.93. The quantitative estimate of drug-likeness (QED) is 0.745. The lowest BCUT2D eigenvalue weighted by molar-refractivity contribution is 0.255. The minimum atomic E-state index is -0.0344. The number of hydrogen-bond donors (Lipinski definition) is 1. The number of hydrogen-bond acceptors (Lipinski definition) is 6. The Balaban J connectivity index is 1.50. The van der Waals surface area contributed by atoms with Gasteiger partial charge >= 0.3 is 0 Å². The van der Waals surface area contributed by atoms with Gasteiger partial charge in [-0.15, -0.1) is 0 Å². The van der Waals surface area contributed by atoms with Gasteiger partial charge in [0.2, 0.25) is 5.95 Å². The maximum Gasteiger partial charge on any atom is 0.255 e. The normalized spacial score (nSPS) is 14.6. The first kappa shape index (κ1) is 17.5. The molecule has 3 aromatic rings. The van der Waals surface area contributed by atoms with Crippen molar-refractivity contribution < 1.29 is 4.42 Å². The Morgan fingerprint density at radius 2 is 2.15 bits per heavy atom. The minimum absolute atomic E-state index is 0.0344. The van der Waals surface area contributed by atoms with Crippen LogP contribution in [0.1, 0.15) is 22.6 Å². The smallest absolute Gasteiger partial charge is 0.255 e. The van der Waals surface area contributed by atoms with Crippen molar-refractivity contribution in [3.05, 3.63) is 75.9 Å². The molecule has 4 rings (SSSR count). The standard InChI is InChI=1S/C20H23N5O2/c1-24(13-15-4-2-8-21-12-15)20-22-18-7-10-25(14-16-5-3-11-27-16)9-6-17(18)19(26)23-20/h2-5,8,11-12H,6-7,9-10,13-14H2,1H3,(H,22,23,26). The molecular formula is C20H23N5O2. The fourth-order valence-corrected chi connectivity index (χ4v) is 3.44. The van der Waals surface area contributed by atoms with E-state index in [0.717, 1.165) is 48.6 Å². The van der Waals surface area contributed by atoms with Crippen molar-refractivity contribution in [3.63, 3.8) is 0 Å². The molecule has 1 N–H and O–H groups in total. The fraction of sp³-hybridized carbons (Fsp3) is 0.350. The molecule has 0 aromatic carbocycles. The van der Waals surface area contributed by atoms with E-state index in [1.807, 2.05) is 42.4 Å². The first-order valence-corrected chi connectivity index (χ1v) is 9.16. The number of aromatic nitrogens is 3. The predicted octanol–water partition coefficient (Wildman–Crippen LogP) is 2.00. The molecule has 0 atom stereocenters. The highest BCUT2D eigenvalue weighted by atomic mass is 16.3. The highest BCUT2D eigenvalue weighted by Gasteiger charge is 2.20. The van der Waals surface area contributed by atoms with Crippen LogP contribution in [0.4, 0.5) is 5.95 Å². The Hall–Kier alpha value is -2.93. The summed E-state index contributed by atoms with van der Waals surface area (Å²) >= 11 is 0.